The van der Waals surface area contributed by atoms with E-state index in [1.165, 1.54) is 0 Å². The van der Waals surface area contributed by atoms with E-state index in [9.17, 15) is 0 Å². The number of methoxy groups -OCH3 is 1. The van der Waals surface area contributed by atoms with Crippen LogP contribution in [-0.4, -0.2) is 22.2 Å². The van der Waals surface area contributed by atoms with Crippen molar-refractivity contribution in [2.24, 2.45) is 0 Å². The maximum atomic E-state index is 5.99. The highest BCUT2D eigenvalue weighted by molar-refractivity contribution is 6.30. The number of nitrogens with zero attached hydrogens (tertiary/aromatic N) is 3. The Bertz CT molecular complexity index is 728. The Labute approximate surface area is 120 Å². The third-order valence-electron chi connectivity index (χ3n) is 2.71. The highest BCUT2D eigenvalue weighted by Crippen LogP contribution is 2.32. The average molecular weight is 288 g/mol. The number of aromatic nitrogens is 3. The summed E-state index contributed by atoms with van der Waals surface area (Å²) in [4.78, 5) is 8.50. The van der Waals surface area contributed by atoms with Crippen molar-refractivity contribution in [3.63, 3.8) is 0 Å². The topological polar surface area (TPSA) is 61.0 Å². The minimum Gasteiger partial charge on any atom is -0.496 e. The van der Waals surface area contributed by atoms with E-state index in [1.807, 2.05) is 18.2 Å². The highest BCUT2D eigenvalue weighted by atomic mass is 35.5. The summed E-state index contributed by atoms with van der Waals surface area (Å²) in [6.45, 7) is 0. The van der Waals surface area contributed by atoms with Crippen molar-refractivity contribution >= 4 is 11.6 Å². The lowest BCUT2D eigenvalue weighted by atomic mass is 10.2. The number of rotatable bonds is 3. The van der Waals surface area contributed by atoms with Crippen molar-refractivity contribution in [3.8, 4) is 28.7 Å². The molecule has 0 aliphatic rings. The molecule has 0 unspecified atom stereocenters. The van der Waals surface area contributed by atoms with Gasteiger partial charge in [0.15, 0.2) is 0 Å². The van der Waals surface area contributed by atoms with Crippen LogP contribution in [0.2, 0.25) is 5.02 Å². The zero-order chi connectivity index (χ0) is 13.9. The molecule has 0 saturated carbocycles. The summed E-state index contributed by atoms with van der Waals surface area (Å²) in [5.74, 6) is 1.37. The maximum Gasteiger partial charge on any atom is 0.262 e. The average Bonchev–Trinajstić information content (AvgIpc) is 2.98. The van der Waals surface area contributed by atoms with Crippen LogP contribution in [0.4, 0.5) is 0 Å². The third kappa shape index (κ3) is 2.35. The second-order valence-corrected chi connectivity index (χ2v) is 4.42. The van der Waals surface area contributed by atoms with Gasteiger partial charge in [0.05, 0.1) is 12.7 Å². The van der Waals surface area contributed by atoms with Crippen molar-refractivity contribution in [1.82, 2.24) is 15.1 Å². The van der Waals surface area contributed by atoms with Crippen molar-refractivity contribution in [3.05, 3.63) is 47.6 Å². The lowest BCUT2D eigenvalue weighted by molar-refractivity contribution is 0.405. The molecule has 0 bridgehead atoms. The van der Waals surface area contributed by atoms with Crippen molar-refractivity contribution in [1.29, 1.82) is 0 Å². The van der Waals surface area contributed by atoms with Crippen LogP contribution >= 0.6 is 11.6 Å². The minimum absolute atomic E-state index is 0.338. The highest BCUT2D eigenvalue weighted by Gasteiger charge is 2.15. The van der Waals surface area contributed by atoms with E-state index in [2.05, 4.69) is 15.1 Å². The lowest BCUT2D eigenvalue weighted by Crippen LogP contribution is -1.88. The fraction of sp³-hybridized carbons (Fsp3) is 0.0714. The summed E-state index contributed by atoms with van der Waals surface area (Å²) in [5, 5.41) is 4.49. The molecular weight excluding hydrogens is 278 g/mol. The number of benzene rings is 1. The summed E-state index contributed by atoms with van der Waals surface area (Å²) in [6.07, 6.45) is 1.67. The van der Waals surface area contributed by atoms with Gasteiger partial charge in [0.25, 0.3) is 5.89 Å². The van der Waals surface area contributed by atoms with Gasteiger partial charge in [-0.2, -0.15) is 4.98 Å². The lowest BCUT2D eigenvalue weighted by Gasteiger charge is -2.04. The van der Waals surface area contributed by atoms with Gasteiger partial charge in [-0.15, -0.1) is 0 Å². The van der Waals surface area contributed by atoms with Gasteiger partial charge in [-0.05, 0) is 30.3 Å². The Hall–Kier alpha value is -2.40. The summed E-state index contributed by atoms with van der Waals surface area (Å²) < 4.78 is 10.5. The van der Waals surface area contributed by atoms with Crippen LogP contribution in [0.15, 0.2) is 47.1 Å². The summed E-state index contributed by atoms with van der Waals surface area (Å²) in [7, 11) is 1.57. The van der Waals surface area contributed by atoms with Crippen LogP contribution in [0, 0.1) is 0 Å². The molecule has 2 heterocycles. The van der Waals surface area contributed by atoms with Gasteiger partial charge in [0.2, 0.25) is 5.82 Å². The molecule has 20 heavy (non-hydrogen) atoms. The monoisotopic (exact) mass is 287 g/mol. The first-order chi connectivity index (χ1) is 9.78. The van der Waals surface area contributed by atoms with Crippen molar-refractivity contribution < 1.29 is 9.26 Å². The van der Waals surface area contributed by atoms with E-state index in [-0.39, 0.29) is 0 Å². The minimum atomic E-state index is 0.338. The molecule has 6 heteroatoms. The van der Waals surface area contributed by atoms with E-state index < -0.39 is 0 Å². The Kier molecular flexibility index (Phi) is 3.35. The molecule has 1 aromatic carbocycles. The molecule has 2 aromatic heterocycles. The zero-order valence-corrected chi connectivity index (χ0v) is 11.3. The normalized spacial score (nSPS) is 10.5. The summed E-state index contributed by atoms with van der Waals surface area (Å²) >= 11 is 5.99. The van der Waals surface area contributed by atoms with Crippen LogP contribution in [0.5, 0.6) is 5.75 Å². The zero-order valence-electron chi connectivity index (χ0n) is 10.6. The molecular formula is C14H10ClN3O2. The summed E-state index contributed by atoms with van der Waals surface area (Å²) in [6, 6.07) is 10.7. The van der Waals surface area contributed by atoms with Crippen molar-refractivity contribution in [2.45, 2.75) is 0 Å². The molecule has 0 amide bonds. The Balaban J connectivity index is 2.04. The second-order valence-electron chi connectivity index (χ2n) is 3.98. The molecule has 0 N–H and O–H groups in total. The first-order valence-corrected chi connectivity index (χ1v) is 6.25. The Morgan fingerprint density at radius 1 is 1.20 bits per heavy atom. The molecule has 0 spiro atoms. The molecule has 0 aliphatic heterocycles. The molecule has 5 nitrogen and oxygen atoms in total. The second kappa shape index (κ2) is 5.30. The van der Waals surface area contributed by atoms with Gasteiger partial charge in [0, 0.05) is 11.2 Å². The quantitative estimate of drug-likeness (QED) is 0.738. The molecule has 0 aliphatic carbocycles. The van der Waals surface area contributed by atoms with Gasteiger partial charge in [-0.1, -0.05) is 22.8 Å². The fourth-order valence-electron chi connectivity index (χ4n) is 1.78. The van der Waals surface area contributed by atoms with E-state index in [1.54, 1.807) is 31.5 Å². The van der Waals surface area contributed by atoms with E-state index in [4.69, 9.17) is 20.9 Å². The Morgan fingerprint density at radius 2 is 2.10 bits per heavy atom. The maximum absolute atomic E-state index is 5.99. The van der Waals surface area contributed by atoms with Crippen molar-refractivity contribution in [2.75, 3.05) is 7.11 Å². The van der Waals surface area contributed by atoms with Crippen LogP contribution in [0.1, 0.15) is 0 Å². The molecule has 3 aromatic rings. The van der Waals surface area contributed by atoms with Gasteiger partial charge >= 0.3 is 0 Å². The standard InChI is InChI=1S/C14H10ClN3O2/c1-19-12-6-5-9(15)8-10(12)14-17-13(18-20-14)11-4-2-3-7-16-11/h2-8H,1H3. The van der Waals surface area contributed by atoms with Crippen LogP contribution < -0.4 is 4.74 Å². The van der Waals surface area contributed by atoms with Gasteiger partial charge in [-0.25, -0.2) is 0 Å². The van der Waals surface area contributed by atoms with Gasteiger partial charge in [0.1, 0.15) is 11.4 Å². The number of pyridine rings is 1. The molecule has 0 radical (unpaired) electrons. The van der Waals surface area contributed by atoms with E-state index in [0.717, 1.165) is 0 Å². The van der Waals surface area contributed by atoms with Gasteiger partial charge in [-0.3, -0.25) is 4.98 Å². The van der Waals surface area contributed by atoms with Crippen LogP contribution in [0.25, 0.3) is 23.0 Å². The fourth-order valence-corrected chi connectivity index (χ4v) is 1.95. The Morgan fingerprint density at radius 3 is 2.85 bits per heavy atom. The predicted octanol–water partition coefficient (Wildman–Crippen LogP) is 3.46. The smallest absolute Gasteiger partial charge is 0.262 e. The number of halogens is 1. The van der Waals surface area contributed by atoms with Crippen LogP contribution in [-0.2, 0) is 0 Å². The largest absolute Gasteiger partial charge is 0.496 e. The first kappa shape index (κ1) is 12.6. The first-order valence-electron chi connectivity index (χ1n) is 5.87. The van der Waals surface area contributed by atoms with E-state index >= 15 is 0 Å². The number of hydrogen-bond acceptors (Lipinski definition) is 5. The number of hydrogen-bond donors (Lipinski definition) is 0. The SMILES string of the molecule is COc1ccc(Cl)cc1-c1nc(-c2ccccn2)no1. The number of ether oxygens (including phenoxy) is 1. The van der Waals surface area contributed by atoms with E-state index in [0.29, 0.717) is 33.7 Å². The molecule has 3 rings (SSSR count). The third-order valence-corrected chi connectivity index (χ3v) is 2.95. The summed E-state index contributed by atoms with van der Waals surface area (Å²) in [5.41, 5.74) is 1.29. The molecule has 0 saturated heterocycles. The van der Waals surface area contributed by atoms with Gasteiger partial charge < -0.3 is 9.26 Å². The predicted molar refractivity (Wildman–Crippen MR) is 74.5 cm³/mol. The molecule has 100 valence electrons. The molecule has 0 atom stereocenters. The molecule has 0 fully saturated rings. The van der Waals surface area contributed by atoms with Crippen LogP contribution in [0.3, 0.4) is 0 Å².